The van der Waals surface area contributed by atoms with Gasteiger partial charge in [0, 0.05) is 9.92 Å². The fourth-order valence-corrected chi connectivity index (χ4v) is 3.26. The van der Waals surface area contributed by atoms with Crippen LogP contribution >= 0.6 is 23.4 Å². The first kappa shape index (κ1) is 14.2. The molecule has 0 spiro atoms. The molecule has 1 saturated heterocycles. The van der Waals surface area contributed by atoms with Gasteiger partial charge in [-0.2, -0.15) is 0 Å². The Bertz CT molecular complexity index is 344. The maximum absolute atomic E-state index is 5.87. The third kappa shape index (κ3) is 4.83. The van der Waals surface area contributed by atoms with Crippen LogP contribution in [0, 0.1) is 5.92 Å². The monoisotopic (exact) mass is 283 g/mol. The van der Waals surface area contributed by atoms with Gasteiger partial charge in [-0.3, -0.25) is 0 Å². The van der Waals surface area contributed by atoms with E-state index >= 15 is 0 Å². The van der Waals surface area contributed by atoms with Crippen LogP contribution in [0.1, 0.15) is 26.2 Å². The number of hydrogen-bond acceptors (Lipinski definition) is 2. The fourth-order valence-electron chi connectivity index (χ4n) is 2.29. The molecule has 1 fully saturated rings. The van der Waals surface area contributed by atoms with Crippen molar-refractivity contribution < 1.29 is 0 Å². The molecule has 1 aromatic rings. The number of thioether (sulfide) groups is 1. The molecule has 0 atom stereocenters. The third-order valence-electron chi connectivity index (χ3n) is 3.58. The maximum Gasteiger partial charge on any atom is 0.0406 e. The summed E-state index contributed by atoms with van der Waals surface area (Å²) in [5.41, 5.74) is 0. The predicted octanol–water partition coefficient (Wildman–Crippen LogP) is 4.55. The van der Waals surface area contributed by atoms with Crippen LogP contribution in [0.3, 0.4) is 0 Å². The fraction of sp³-hybridized carbons (Fsp3) is 0.600. The highest BCUT2D eigenvalue weighted by Gasteiger charge is 2.14. The van der Waals surface area contributed by atoms with Crippen LogP contribution in [-0.2, 0) is 0 Å². The second-order valence-electron chi connectivity index (χ2n) is 5.18. The topological polar surface area (TPSA) is 3.24 Å². The van der Waals surface area contributed by atoms with Crippen LogP contribution in [0.15, 0.2) is 29.2 Å². The molecule has 1 aromatic carbocycles. The Morgan fingerprint density at radius 3 is 2.56 bits per heavy atom. The normalized spacial score (nSPS) is 18.1. The van der Waals surface area contributed by atoms with E-state index in [1.54, 1.807) is 0 Å². The van der Waals surface area contributed by atoms with E-state index in [2.05, 4.69) is 24.0 Å². The van der Waals surface area contributed by atoms with Crippen LogP contribution < -0.4 is 0 Å². The summed E-state index contributed by atoms with van der Waals surface area (Å²) in [4.78, 5) is 3.94. The van der Waals surface area contributed by atoms with E-state index in [1.165, 1.54) is 49.5 Å². The van der Waals surface area contributed by atoms with Crippen LogP contribution in [0.4, 0.5) is 0 Å². The summed E-state index contributed by atoms with van der Waals surface area (Å²) in [5, 5.41) is 0.821. The lowest BCUT2D eigenvalue weighted by atomic mass is 9.99. The number of piperidine rings is 1. The molecule has 0 aliphatic carbocycles. The first-order chi connectivity index (χ1) is 8.74. The Morgan fingerprint density at radius 1 is 1.22 bits per heavy atom. The lowest BCUT2D eigenvalue weighted by molar-refractivity contribution is 0.193. The largest absolute Gasteiger partial charge is 0.303 e. The van der Waals surface area contributed by atoms with E-state index < -0.39 is 0 Å². The van der Waals surface area contributed by atoms with Gasteiger partial charge in [0.1, 0.15) is 0 Å². The Morgan fingerprint density at radius 2 is 1.89 bits per heavy atom. The van der Waals surface area contributed by atoms with Crippen molar-refractivity contribution in [1.29, 1.82) is 0 Å². The minimum Gasteiger partial charge on any atom is -0.303 e. The van der Waals surface area contributed by atoms with Gasteiger partial charge < -0.3 is 4.90 Å². The quantitative estimate of drug-likeness (QED) is 0.576. The van der Waals surface area contributed by atoms with Crippen molar-refractivity contribution in [2.45, 2.75) is 31.1 Å². The standard InChI is InChI=1S/C15H22ClNS/c1-13-7-10-17(11-8-13)9-2-12-18-15-5-3-14(16)4-6-15/h3-6,13H,2,7-12H2,1H3. The summed E-state index contributed by atoms with van der Waals surface area (Å²) in [5.74, 6) is 2.14. The second-order valence-corrected chi connectivity index (χ2v) is 6.78. The van der Waals surface area contributed by atoms with Crippen molar-refractivity contribution in [3.63, 3.8) is 0 Å². The molecule has 100 valence electrons. The first-order valence-electron chi connectivity index (χ1n) is 6.85. The van der Waals surface area contributed by atoms with Gasteiger partial charge >= 0.3 is 0 Å². The lowest BCUT2D eigenvalue weighted by Gasteiger charge is -2.30. The molecule has 1 aliphatic rings. The van der Waals surface area contributed by atoms with Gasteiger partial charge in [-0.15, -0.1) is 11.8 Å². The third-order valence-corrected chi connectivity index (χ3v) is 4.93. The minimum atomic E-state index is 0.821. The van der Waals surface area contributed by atoms with Gasteiger partial charge in [-0.1, -0.05) is 18.5 Å². The summed E-state index contributed by atoms with van der Waals surface area (Å²) in [6.45, 7) is 6.22. The molecule has 1 aliphatic heterocycles. The van der Waals surface area contributed by atoms with Crippen molar-refractivity contribution in [2.24, 2.45) is 5.92 Å². The van der Waals surface area contributed by atoms with E-state index in [1.807, 2.05) is 23.9 Å². The lowest BCUT2D eigenvalue weighted by Crippen LogP contribution is -2.33. The van der Waals surface area contributed by atoms with Crippen LogP contribution in [0.25, 0.3) is 0 Å². The molecule has 3 heteroatoms. The Balaban J connectivity index is 1.60. The molecule has 0 saturated carbocycles. The number of benzene rings is 1. The average Bonchev–Trinajstić information content (AvgIpc) is 2.39. The Hall–Kier alpha value is -0.180. The molecule has 18 heavy (non-hydrogen) atoms. The van der Waals surface area contributed by atoms with Crippen LogP contribution in [0.5, 0.6) is 0 Å². The number of nitrogens with zero attached hydrogens (tertiary/aromatic N) is 1. The summed E-state index contributed by atoms with van der Waals surface area (Å²) in [7, 11) is 0. The number of hydrogen-bond donors (Lipinski definition) is 0. The summed E-state index contributed by atoms with van der Waals surface area (Å²) < 4.78 is 0. The zero-order valence-electron chi connectivity index (χ0n) is 11.1. The molecular formula is C15H22ClNS. The number of halogens is 1. The molecule has 0 unspecified atom stereocenters. The van der Waals surface area contributed by atoms with E-state index in [9.17, 15) is 0 Å². The van der Waals surface area contributed by atoms with Crippen molar-refractivity contribution in [3.8, 4) is 0 Å². The van der Waals surface area contributed by atoms with Gasteiger partial charge in [0.05, 0.1) is 0 Å². The Labute approximate surface area is 120 Å². The van der Waals surface area contributed by atoms with Gasteiger partial charge in [-0.05, 0) is 74.8 Å². The first-order valence-corrected chi connectivity index (χ1v) is 8.21. The van der Waals surface area contributed by atoms with Crippen molar-refractivity contribution in [2.75, 3.05) is 25.4 Å². The van der Waals surface area contributed by atoms with E-state index in [4.69, 9.17) is 11.6 Å². The van der Waals surface area contributed by atoms with Crippen molar-refractivity contribution >= 4 is 23.4 Å². The van der Waals surface area contributed by atoms with Crippen LogP contribution in [0.2, 0.25) is 5.02 Å². The zero-order valence-corrected chi connectivity index (χ0v) is 12.6. The molecule has 0 radical (unpaired) electrons. The average molecular weight is 284 g/mol. The highest BCUT2D eigenvalue weighted by molar-refractivity contribution is 7.99. The molecular weight excluding hydrogens is 262 g/mol. The predicted molar refractivity (Wildman–Crippen MR) is 81.6 cm³/mol. The summed E-state index contributed by atoms with van der Waals surface area (Å²) >= 11 is 7.80. The molecule has 0 N–H and O–H groups in total. The highest BCUT2D eigenvalue weighted by Crippen LogP contribution is 2.21. The summed E-state index contributed by atoms with van der Waals surface area (Å²) in [6, 6.07) is 8.15. The maximum atomic E-state index is 5.87. The van der Waals surface area contributed by atoms with Crippen molar-refractivity contribution in [3.05, 3.63) is 29.3 Å². The minimum absolute atomic E-state index is 0.821. The van der Waals surface area contributed by atoms with E-state index in [0.29, 0.717) is 0 Å². The SMILES string of the molecule is CC1CCN(CCCSc2ccc(Cl)cc2)CC1. The van der Waals surface area contributed by atoms with Gasteiger partial charge in [0.25, 0.3) is 0 Å². The zero-order chi connectivity index (χ0) is 12.8. The molecule has 1 nitrogen and oxygen atoms in total. The highest BCUT2D eigenvalue weighted by atomic mass is 35.5. The number of rotatable bonds is 5. The van der Waals surface area contributed by atoms with E-state index in [0.717, 1.165) is 10.9 Å². The van der Waals surface area contributed by atoms with Gasteiger partial charge in [0.2, 0.25) is 0 Å². The van der Waals surface area contributed by atoms with E-state index in [-0.39, 0.29) is 0 Å². The molecule has 1 heterocycles. The summed E-state index contributed by atoms with van der Waals surface area (Å²) in [6.07, 6.45) is 4.04. The number of likely N-dealkylation sites (tertiary alicyclic amines) is 1. The van der Waals surface area contributed by atoms with Gasteiger partial charge in [0.15, 0.2) is 0 Å². The molecule has 2 rings (SSSR count). The molecule has 0 aromatic heterocycles. The Kier molecular flexibility index (Phi) is 5.87. The molecule has 0 bridgehead atoms. The molecule has 0 amide bonds. The smallest absolute Gasteiger partial charge is 0.0406 e. The second kappa shape index (κ2) is 7.42. The van der Waals surface area contributed by atoms with Crippen LogP contribution in [-0.4, -0.2) is 30.3 Å². The van der Waals surface area contributed by atoms with Gasteiger partial charge in [-0.25, -0.2) is 0 Å². The van der Waals surface area contributed by atoms with Crippen molar-refractivity contribution in [1.82, 2.24) is 4.90 Å².